The fourth-order valence-corrected chi connectivity index (χ4v) is 2.80. The number of rotatable bonds is 2. The van der Waals surface area contributed by atoms with Crippen molar-refractivity contribution < 1.29 is 8.42 Å². The number of hydrogen-bond donors (Lipinski definition) is 0. The van der Waals surface area contributed by atoms with Gasteiger partial charge < -0.3 is 0 Å². The molecule has 0 aromatic heterocycles. The van der Waals surface area contributed by atoms with Gasteiger partial charge in [0.1, 0.15) is 11.0 Å². The van der Waals surface area contributed by atoms with Gasteiger partial charge in [0, 0.05) is 16.0 Å². The molecular formula is C9H7BrClNO2S. The zero-order chi connectivity index (χ0) is 11.6. The third kappa shape index (κ3) is 2.71. The Labute approximate surface area is 101 Å². The van der Waals surface area contributed by atoms with E-state index in [0.29, 0.717) is 5.33 Å². The summed E-state index contributed by atoms with van der Waals surface area (Å²) in [6, 6.07) is 4.76. The van der Waals surface area contributed by atoms with Gasteiger partial charge in [0.05, 0.1) is 5.56 Å². The van der Waals surface area contributed by atoms with Gasteiger partial charge in [-0.2, -0.15) is 5.26 Å². The summed E-state index contributed by atoms with van der Waals surface area (Å²) in [6.07, 6.45) is 0. The molecule has 0 radical (unpaired) electrons. The Morgan fingerprint density at radius 2 is 2.13 bits per heavy atom. The second kappa shape index (κ2) is 4.52. The number of nitriles is 1. The maximum atomic E-state index is 11.2. The normalized spacial score (nSPS) is 11.1. The van der Waals surface area contributed by atoms with Gasteiger partial charge >= 0.3 is 0 Å². The van der Waals surface area contributed by atoms with Crippen molar-refractivity contribution in [3.8, 4) is 6.07 Å². The maximum absolute atomic E-state index is 11.2. The second-order valence-electron chi connectivity index (χ2n) is 2.96. The quantitative estimate of drug-likeness (QED) is 0.623. The van der Waals surface area contributed by atoms with Crippen molar-refractivity contribution in [2.45, 2.75) is 17.1 Å². The van der Waals surface area contributed by atoms with Crippen LogP contribution in [0.2, 0.25) is 0 Å². The minimum atomic E-state index is -3.87. The molecule has 0 unspecified atom stereocenters. The van der Waals surface area contributed by atoms with Gasteiger partial charge in [-0.25, -0.2) is 8.42 Å². The monoisotopic (exact) mass is 307 g/mol. The van der Waals surface area contributed by atoms with Crippen LogP contribution in [0.3, 0.4) is 0 Å². The van der Waals surface area contributed by atoms with E-state index in [1.165, 1.54) is 12.1 Å². The first-order chi connectivity index (χ1) is 6.90. The van der Waals surface area contributed by atoms with Gasteiger partial charge in [-0.15, -0.1) is 0 Å². The minimum Gasteiger partial charge on any atom is -0.207 e. The van der Waals surface area contributed by atoms with E-state index in [4.69, 9.17) is 15.9 Å². The predicted octanol–water partition coefficient (Wildman–Crippen LogP) is 2.69. The first-order valence-corrected chi connectivity index (χ1v) is 7.37. The fourth-order valence-electron chi connectivity index (χ4n) is 1.16. The van der Waals surface area contributed by atoms with Crippen molar-refractivity contribution in [1.29, 1.82) is 5.26 Å². The van der Waals surface area contributed by atoms with E-state index in [2.05, 4.69) is 15.9 Å². The molecule has 0 aliphatic carbocycles. The van der Waals surface area contributed by atoms with Gasteiger partial charge in [-0.05, 0) is 30.2 Å². The average Bonchev–Trinajstić information content (AvgIpc) is 2.15. The van der Waals surface area contributed by atoms with E-state index in [1.807, 2.05) is 13.0 Å². The number of hydrogen-bond acceptors (Lipinski definition) is 3. The van der Waals surface area contributed by atoms with Gasteiger partial charge in [-0.3, -0.25) is 0 Å². The molecule has 0 spiro atoms. The van der Waals surface area contributed by atoms with Crippen LogP contribution in [0.4, 0.5) is 0 Å². The van der Waals surface area contributed by atoms with Crippen molar-refractivity contribution in [2.75, 3.05) is 0 Å². The predicted molar refractivity (Wildman–Crippen MR) is 61.6 cm³/mol. The van der Waals surface area contributed by atoms with Crippen LogP contribution in [0.25, 0.3) is 0 Å². The summed E-state index contributed by atoms with van der Waals surface area (Å²) in [5.74, 6) is 0. The lowest BCUT2D eigenvalue weighted by molar-refractivity contribution is 0.609. The van der Waals surface area contributed by atoms with Crippen LogP contribution in [0.15, 0.2) is 17.0 Å². The van der Waals surface area contributed by atoms with E-state index in [-0.39, 0.29) is 10.5 Å². The average molecular weight is 309 g/mol. The third-order valence-electron chi connectivity index (χ3n) is 1.97. The van der Waals surface area contributed by atoms with E-state index < -0.39 is 9.05 Å². The fraction of sp³-hybridized carbons (Fsp3) is 0.222. The highest BCUT2D eigenvalue weighted by Crippen LogP contribution is 2.24. The summed E-state index contributed by atoms with van der Waals surface area (Å²) in [5.41, 5.74) is 1.73. The van der Waals surface area contributed by atoms with E-state index >= 15 is 0 Å². The largest absolute Gasteiger partial charge is 0.262 e. The molecule has 1 rings (SSSR count). The number of halogens is 2. The number of aryl methyl sites for hydroxylation is 1. The zero-order valence-electron chi connectivity index (χ0n) is 7.79. The van der Waals surface area contributed by atoms with Gasteiger partial charge in [-0.1, -0.05) is 15.9 Å². The van der Waals surface area contributed by atoms with Crippen LogP contribution in [0.5, 0.6) is 0 Å². The second-order valence-corrected chi connectivity index (χ2v) is 6.05. The van der Waals surface area contributed by atoms with Crippen molar-refractivity contribution in [1.82, 2.24) is 0 Å². The summed E-state index contributed by atoms with van der Waals surface area (Å²) >= 11 is 3.23. The molecule has 0 atom stereocenters. The van der Waals surface area contributed by atoms with Crippen LogP contribution in [-0.4, -0.2) is 8.42 Å². The summed E-state index contributed by atoms with van der Waals surface area (Å²) in [5, 5.41) is 9.30. The van der Waals surface area contributed by atoms with Crippen LogP contribution in [0, 0.1) is 18.3 Å². The Kier molecular flexibility index (Phi) is 3.77. The van der Waals surface area contributed by atoms with Gasteiger partial charge in [0.2, 0.25) is 0 Å². The molecule has 15 heavy (non-hydrogen) atoms. The molecule has 0 fully saturated rings. The molecular weight excluding hydrogens is 302 g/mol. The Hall–Kier alpha value is -0.570. The lowest BCUT2D eigenvalue weighted by atomic mass is 10.1. The van der Waals surface area contributed by atoms with E-state index in [9.17, 15) is 8.42 Å². The Morgan fingerprint density at radius 1 is 1.53 bits per heavy atom. The van der Waals surface area contributed by atoms with Crippen molar-refractivity contribution in [2.24, 2.45) is 0 Å². The summed E-state index contributed by atoms with van der Waals surface area (Å²) in [4.78, 5) is -0.133. The first kappa shape index (κ1) is 12.5. The highest BCUT2D eigenvalue weighted by molar-refractivity contribution is 9.08. The molecule has 0 aliphatic heterocycles. The highest BCUT2D eigenvalue weighted by atomic mass is 79.9. The Balaban J connectivity index is 3.59. The van der Waals surface area contributed by atoms with Gasteiger partial charge in [0.15, 0.2) is 0 Å². The molecule has 0 saturated carbocycles. The smallest absolute Gasteiger partial charge is 0.207 e. The Bertz CT molecular complexity index is 534. The van der Waals surface area contributed by atoms with Crippen LogP contribution in [-0.2, 0) is 14.4 Å². The number of benzene rings is 1. The van der Waals surface area contributed by atoms with E-state index in [1.54, 1.807) is 0 Å². The van der Waals surface area contributed by atoms with Crippen LogP contribution < -0.4 is 0 Å². The molecule has 0 saturated heterocycles. The topological polar surface area (TPSA) is 57.9 Å². The maximum Gasteiger partial charge on any atom is 0.262 e. The molecule has 0 heterocycles. The standard InChI is InChI=1S/C9H7BrClNO2S/c1-6-2-8(5-12)9(15(11,13)14)3-7(6)4-10/h2-3H,4H2,1H3. The van der Waals surface area contributed by atoms with Crippen molar-refractivity contribution >= 4 is 35.7 Å². The lowest BCUT2D eigenvalue weighted by Gasteiger charge is -2.06. The molecule has 80 valence electrons. The van der Waals surface area contributed by atoms with Crippen LogP contribution >= 0.6 is 26.6 Å². The van der Waals surface area contributed by atoms with Crippen molar-refractivity contribution in [3.05, 3.63) is 28.8 Å². The minimum absolute atomic E-state index is 0.0761. The zero-order valence-corrected chi connectivity index (χ0v) is 10.9. The molecule has 3 nitrogen and oxygen atoms in total. The number of nitrogens with zero attached hydrogens (tertiary/aromatic N) is 1. The first-order valence-electron chi connectivity index (χ1n) is 3.94. The van der Waals surface area contributed by atoms with Gasteiger partial charge in [0.25, 0.3) is 9.05 Å². The molecule has 0 amide bonds. The summed E-state index contributed by atoms with van der Waals surface area (Å²) < 4.78 is 22.4. The highest BCUT2D eigenvalue weighted by Gasteiger charge is 2.17. The molecule has 0 bridgehead atoms. The Morgan fingerprint density at radius 3 is 2.53 bits per heavy atom. The van der Waals surface area contributed by atoms with Crippen LogP contribution in [0.1, 0.15) is 16.7 Å². The SMILES string of the molecule is Cc1cc(C#N)c(S(=O)(=O)Cl)cc1CBr. The van der Waals surface area contributed by atoms with E-state index in [0.717, 1.165) is 11.1 Å². The third-order valence-corrected chi connectivity index (χ3v) is 3.93. The molecule has 0 N–H and O–H groups in total. The molecule has 1 aromatic carbocycles. The van der Waals surface area contributed by atoms with Crippen molar-refractivity contribution in [3.63, 3.8) is 0 Å². The summed E-state index contributed by atoms with van der Waals surface area (Å²) in [7, 11) is 1.36. The lowest BCUT2D eigenvalue weighted by Crippen LogP contribution is -1.98. The molecule has 1 aromatic rings. The molecule has 6 heteroatoms. The molecule has 0 aliphatic rings. The number of alkyl halides is 1. The summed E-state index contributed by atoms with van der Waals surface area (Å²) in [6.45, 7) is 1.81.